The second kappa shape index (κ2) is 4.77. The SMILES string of the molecule is CCc1nc(C(=O)OC)c(N)n1CC1CCC1. The molecular formula is C12H19N3O2. The molecule has 1 aromatic rings. The second-order valence-corrected chi connectivity index (χ2v) is 4.51. The van der Waals surface area contributed by atoms with Gasteiger partial charge in [0.2, 0.25) is 0 Å². The molecule has 0 aromatic carbocycles. The summed E-state index contributed by atoms with van der Waals surface area (Å²) in [7, 11) is 1.35. The topological polar surface area (TPSA) is 70.1 Å². The first-order valence-corrected chi connectivity index (χ1v) is 6.10. The fourth-order valence-corrected chi connectivity index (χ4v) is 2.17. The van der Waals surface area contributed by atoms with Crippen molar-refractivity contribution >= 4 is 11.8 Å². The lowest BCUT2D eigenvalue weighted by Gasteiger charge is -2.26. The highest BCUT2D eigenvalue weighted by atomic mass is 16.5. The number of carbonyl (C=O) groups excluding carboxylic acids is 1. The lowest BCUT2D eigenvalue weighted by Crippen LogP contribution is -2.20. The van der Waals surface area contributed by atoms with Crippen molar-refractivity contribution in [2.24, 2.45) is 5.92 Å². The quantitative estimate of drug-likeness (QED) is 0.808. The van der Waals surface area contributed by atoms with Crippen LogP contribution in [0.3, 0.4) is 0 Å². The van der Waals surface area contributed by atoms with Crippen molar-refractivity contribution in [2.45, 2.75) is 39.2 Å². The van der Waals surface area contributed by atoms with E-state index in [1.165, 1.54) is 26.4 Å². The summed E-state index contributed by atoms with van der Waals surface area (Å²) in [5.41, 5.74) is 6.24. The summed E-state index contributed by atoms with van der Waals surface area (Å²) >= 11 is 0. The Balaban J connectivity index is 2.28. The van der Waals surface area contributed by atoms with E-state index >= 15 is 0 Å². The summed E-state index contributed by atoms with van der Waals surface area (Å²) in [5, 5.41) is 0. The lowest BCUT2D eigenvalue weighted by molar-refractivity contribution is 0.0595. The average molecular weight is 237 g/mol. The monoisotopic (exact) mass is 237 g/mol. The number of aromatic nitrogens is 2. The number of carbonyl (C=O) groups is 1. The van der Waals surface area contributed by atoms with Gasteiger partial charge in [0.25, 0.3) is 0 Å². The number of ether oxygens (including phenoxy) is 1. The highest BCUT2D eigenvalue weighted by Gasteiger charge is 2.24. The van der Waals surface area contributed by atoms with Gasteiger partial charge in [-0.25, -0.2) is 9.78 Å². The van der Waals surface area contributed by atoms with Crippen molar-refractivity contribution in [1.29, 1.82) is 0 Å². The summed E-state index contributed by atoms with van der Waals surface area (Å²) in [6.45, 7) is 2.89. The third kappa shape index (κ3) is 2.14. The summed E-state index contributed by atoms with van der Waals surface area (Å²) in [6.07, 6.45) is 4.56. The zero-order valence-corrected chi connectivity index (χ0v) is 10.4. The van der Waals surface area contributed by atoms with E-state index < -0.39 is 5.97 Å². The normalized spacial score (nSPS) is 15.6. The first-order chi connectivity index (χ1) is 8.17. The molecule has 0 saturated heterocycles. The van der Waals surface area contributed by atoms with Gasteiger partial charge < -0.3 is 15.0 Å². The number of rotatable bonds is 4. The van der Waals surface area contributed by atoms with Gasteiger partial charge in [-0.3, -0.25) is 0 Å². The average Bonchev–Trinajstić information content (AvgIpc) is 2.59. The predicted molar refractivity (Wildman–Crippen MR) is 64.7 cm³/mol. The molecule has 1 aliphatic carbocycles. The fraction of sp³-hybridized carbons (Fsp3) is 0.667. The van der Waals surface area contributed by atoms with E-state index in [1.807, 2.05) is 11.5 Å². The summed E-state index contributed by atoms with van der Waals surface area (Å²) in [6, 6.07) is 0. The van der Waals surface area contributed by atoms with Crippen LogP contribution in [0.15, 0.2) is 0 Å². The molecule has 0 amide bonds. The van der Waals surface area contributed by atoms with E-state index in [0.29, 0.717) is 11.7 Å². The minimum Gasteiger partial charge on any atom is -0.464 e. The van der Waals surface area contributed by atoms with Gasteiger partial charge in [-0.05, 0) is 18.8 Å². The molecule has 5 heteroatoms. The number of methoxy groups -OCH3 is 1. The Morgan fingerprint density at radius 1 is 1.59 bits per heavy atom. The van der Waals surface area contributed by atoms with Gasteiger partial charge in [0, 0.05) is 13.0 Å². The van der Waals surface area contributed by atoms with Gasteiger partial charge in [-0.1, -0.05) is 13.3 Å². The highest BCUT2D eigenvalue weighted by molar-refractivity contribution is 5.92. The van der Waals surface area contributed by atoms with Crippen molar-refractivity contribution in [3.63, 3.8) is 0 Å². The molecule has 5 nitrogen and oxygen atoms in total. The number of esters is 1. The molecule has 1 fully saturated rings. The molecule has 0 unspecified atom stereocenters. The molecule has 1 aromatic heterocycles. The number of anilines is 1. The van der Waals surface area contributed by atoms with Gasteiger partial charge in [0.05, 0.1) is 7.11 Å². The molecule has 1 heterocycles. The number of imidazole rings is 1. The first kappa shape index (κ1) is 12.0. The maximum absolute atomic E-state index is 11.5. The largest absolute Gasteiger partial charge is 0.464 e. The number of hydrogen-bond donors (Lipinski definition) is 1. The van der Waals surface area contributed by atoms with Crippen molar-refractivity contribution in [3.05, 3.63) is 11.5 Å². The van der Waals surface area contributed by atoms with Crippen LogP contribution in [-0.2, 0) is 17.7 Å². The van der Waals surface area contributed by atoms with Gasteiger partial charge in [-0.2, -0.15) is 0 Å². The van der Waals surface area contributed by atoms with Crippen molar-refractivity contribution in [1.82, 2.24) is 9.55 Å². The van der Waals surface area contributed by atoms with Crippen LogP contribution >= 0.6 is 0 Å². The molecule has 94 valence electrons. The van der Waals surface area contributed by atoms with Crippen LogP contribution in [0.4, 0.5) is 5.82 Å². The van der Waals surface area contributed by atoms with Crippen LogP contribution in [0.2, 0.25) is 0 Å². The maximum atomic E-state index is 11.5. The Kier molecular flexibility index (Phi) is 3.36. The van der Waals surface area contributed by atoms with E-state index in [1.54, 1.807) is 0 Å². The van der Waals surface area contributed by atoms with Gasteiger partial charge in [0.1, 0.15) is 11.6 Å². The zero-order valence-electron chi connectivity index (χ0n) is 10.4. The minimum atomic E-state index is -0.454. The van der Waals surface area contributed by atoms with E-state index in [-0.39, 0.29) is 5.69 Å². The predicted octanol–water partition coefficient (Wildman–Crippen LogP) is 1.61. The van der Waals surface area contributed by atoms with E-state index in [2.05, 4.69) is 9.72 Å². The fourth-order valence-electron chi connectivity index (χ4n) is 2.17. The van der Waals surface area contributed by atoms with Crippen molar-refractivity contribution < 1.29 is 9.53 Å². The molecule has 2 N–H and O–H groups in total. The van der Waals surface area contributed by atoms with Crippen LogP contribution in [0.5, 0.6) is 0 Å². The van der Waals surface area contributed by atoms with E-state index in [9.17, 15) is 4.79 Å². The Labute approximate surface area is 101 Å². The summed E-state index contributed by atoms with van der Waals surface area (Å²) < 4.78 is 6.65. The highest BCUT2D eigenvalue weighted by Crippen LogP contribution is 2.30. The van der Waals surface area contributed by atoms with E-state index in [0.717, 1.165) is 18.8 Å². The van der Waals surface area contributed by atoms with Crippen LogP contribution in [0.1, 0.15) is 42.5 Å². The smallest absolute Gasteiger partial charge is 0.360 e. The zero-order chi connectivity index (χ0) is 12.4. The number of hydrogen-bond acceptors (Lipinski definition) is 4. The van der Waals surface area contributed by atoms with Crippen LogP contribution in [0.25, 0.3) is 0 Å². The molecule has 0 aliphatic heterocycles. The molecule has 0 spiro atoms. The third-order valence-corrected chi connectivity index (χ3v) is 3.45. The standard InChI is InChI=1S/C12H19N3O2/c1-3-9-14-10(12(16)17-2)11(13)15(9)7-8-5-4-6-8/h8H,3-7,13H2,1-2H3. The third-order valence-electron chi connectivity index (χ3n) is 3.45. The van der Waals surface area contributed by atoms with Crippen LogP contribution in [0, 0.1) is 5.92 Å². The van der Waals surface area contributed by atoms with Gasteiger partial charge in [0.15, 0.2) is 5.69 Å². The molecule has 0 radical (unpaired) electrons. The molecular weight excluding hydrogens is 218 g/mol. The van der Waals surface area contributed by atoms with Crippen molar-refractivity contribution in [2.75, 3.05) is 12.8 Å². The molecule has 1 aliphatic rings. The van der Waals surface area contributed by atoms with Crippen molar-refractivity contribution in [3.8, 4) is 0 Å². The molecule has 0 bridgehead atoms. The molecule has 0 atom stereocenters. The number of nitrogens with zero attached hydrogens (tertiary/aromatic N) is 2. The summed E-state index contributed by atoms with van der Waals surface area (Å²) in [5.74, 6) is 1.54. The van der Waals surface area contributed by atoms with Crippen LogP contribution in [-0.4, -0.2) is 22.6 Å². The molecule has 1 saturated carbocycles. The van der Waals surface area contributed by atoms with Crippen LogP contribution < -0.4 is 5.73 Å². The number of aryl methyl sites for hydroxylation is 1. The summed E-state index contributed by atoms with van der Waals surface area (Å²) in [4.78, 5) is 15.8. The number of nitrogens with two attached hydrogens (primary N) is 1. The van der Waals surface area contributed by atoms with Gasteiger partial charge >= 0.3 is 5.97 Å². The van der Waals surface area contributed by atoms with E-state index in [4.69, 9.17) is 5.73 Å². The molecule has 17 heavy (non-hydrogen) atoms. The lowest BCUT2D eigenvalue weighted by atomic mass is 9.85. The maximum Gasteiger partial charge on any atom is 0.360 e. The molecule has 2 rings (SSSR count). The Hall–Kier alpha value is -1.52. The Morgan fingerprint density at radius 2 is 2.29 bits per heavy atom. The minimum absolute atomic E-state index is 0.253. The van der Waals surface area contributed by atoms with Gasteiger partial charge in [-0.15, -0.1) is 0 Å². The Bertz CT molecular complexity index is 422. The second-order valence-electron chi connectivity index (χ2n) is 4.51. The first-order valence-electron chi connectivity index (χ1n) is 6.10. The Morgan fingerprint density at radius 3 is 2.76 bits per heavy atom. The number of nitrogen functional groups attached to an aromatic ring is 1.